The third-order valence-electron chi connectivity index (χ3n) is 5.04. The molecule has 2 aliphatic rings. The van der Waals surface area contributed by atoms with Gasteiger partial charge < -0.3 is 25.3 Å². The highest BCUT2D eigenvalue weighted by Gasteiger charge is 2.62. The van der Waals surface area contributed by atoms with E-state index in [4.69, 9.17) is 19.9 Å². The molecule has 0 spiro atoms. The quantitative estimate of drug-likeness (QED) is 0.692. The van der Waals surface area contributed by atoms with Crippen LogP contribution in [0.4, 0.5) is 18.9 Å². The van der Waals surface area contributed by atoms with Gasteiger partial charge in [0.25, 0.3) is 11.9 Å². The van der Waals surface area contributed by atoms with E-state index in [2.05, 4.69) is 26.9 Å². The first kappa shape index (κ1) is 21.6. The van der Waals surface area contributed by atoms with Crippen molar-refractivity contribution < 1.29 is 32.2 Å². The second-order valence-electron chi connectivity index (χ2n) is 7.25. The van der Waals surface area contributed by atoms with Gasteiger partial charge in [-0.05, 0) is 18.2 Å². The second kappa shape index (κ2) is 8.11. The number of alkyl halides is 1. The van der Waals surface area contributed by atoms with Crippen LogP contribution in [0.25, 0.3) is 0 Å². The first-order valence-electron chi connectivity index (χ1n) is 9.37. The van der Waals surface area contributed by atoms with Crippen molar-refractivity contribution in [2.75, 3.05) is 31.7 Å². The molecule has 1 amide bonds. The van der Waals surface area contributed by atoms with Gasteiger partial charge in [-0.25, -0.2) is 28.1 Å². The number of halogens is 3. The normalized spacial score (nSPS) is 24.2. The fourth-order valence-corrected chi connectivity index (χ4v) is 3.47. The average molecular weight is 449 g/mol. The average Bonchev–Trinajstić information content (AvgIpc) is 3.11. The molecule has 0 saturated carbocycles. The lowest BCUT2D eigenvalue weighted by molar-refractivity contribution is 0.00905. The maximum atomic E-state index is 15.5. The molecule has 1 aromatic heterocycles. The van der Waals surface area contributed by atoms with Gasteiger partial charge in [0.05, 0.1) is 25.6 Å². The van der Waals surface area contributed by atoms with Gasteiger partial charge in [-0.2, -0.15) is 0 Å². The Labute approximate surface area is 180 Å². The number of nitrogens with one attached hydrogen (secondary N) is 1. The standard InChI is InChI=1S/C20H18F3N5O4/c1-11(21)7-31-16-6-25-15(5-26-16)17(29)27-12-2-3-14(22)13(4-12)20-10-30-8-19(20,23)9-32-18(24)28-20/h2-6H,1,7-10H2,(H2,24,28)(H,27,29)/t19-,20-/m1/s1. The number of carbonyl (C=O) groups is 1. The molecule has 0 aliphatic carbocycles. The molecule has 9 nitrogen and oxygen atoms in total. The number of aromatic nitrogens is 2. The molecule has 1 fully saturated rings. The zero-order valence-corrected chi connectivity index (χ0v) is 16.6. The Morgan fingerprint density at radius 3 is 2.81 bits per heavy atom. The van der Waals surface area contributed by atoms with Gasteiger partial charge in [-0.3, -0.25) is 4.79 Å². The molecule has 32 heavy (non-hydrogen) atoms. The van der Waals surface area contributed by atoms with Gasteiger partial charge in [-0.1, -0.05) is 6.58 Å². The van der Waals surface area contributed by atoms with Crippen molar-refractivity contribution in [3.05, 3.63) is 60.1 Å². The SMILES string of the molecule is C=C(F)COc1cnc(C(=O)Nc2ccc(F)c([C@]34COC[C@@]3(F)COC(N)=N4)c2)cn1. The van der Waals surface area contributed by atoms with Gasteiger partial charge in [0.2, 0.25) is 5.88 Å². The van der Waals surface area contributed by atoms with Crippen LogP contribution in [-0.2, 0) is 15.0 Å². The summed E-state index contributed by atoms with van der Waals surface area (Å²) < 4.78 is 58.2. The first-order valence-corrected chi connectivity index (χ1v) is 9.37. The Bertz CT molecular complexity index is 1100. The van der Waals surface area contributed by atoms with Crippen molar-refractivity contribution in [3.63, 3.8) is 0 Å². The fraction of sp³-hybridized carbons (Fsp3) is 0.300. The van der Waals surface area contributed by atoms with Gasteiger partial charge in [0.15, 0.2) is 11.2 Å². The largest absolute Gasteiger partial charge is 0.469 e. The number of amides is 1. The molecule has 3 heterocycles. The number of amidine groups is 1. The summed E-state index contributed by atoms with van der Waals surface area (Å²) in [5, 5.41) is 2.54. The van der Waals surface area contributed by atoms with E-state index in [1.807, 2.05) is 0 Å². The minimum absolute atomic E-state index is 0.000921. The summed E-state index contributed by atoms with van der Waals surface area (Å²) in [6, 6.07) is 3.35. The summed E-state index contributed by atoms with van der Waals surface area (Å²) in [6.07, 6.45) is 2.26. The molecular formula is C20H18F3N5O4. The topological polar surface area (TPSA) is 121 Å². The van der Waals surface area contributed by atoms with Crippen LogP contribution in [0, 0.1) is 5.82 Å². The van der Waals surface area contributed by atoms with Crippen molar-refractivity contribution in [2.45, 2.75) is 11.2 Å². The zero-order valence-electron chi connectivity index (χ0n) is 16.6. The molecule has 0 radical (unpaired) electrons. The lowest BCUT2D eigenvalue weighted by Crippen LogP contribution is -2.55. The Morgan fingerprint density at radius 2 is 2.09 bits per heavy atom. The van der Waals surface area contributed by atoms with Crippen LogP contribution >= 0.6 is 0 Å². The number of hydrogen-bond acceptors (Lipinski definition) is 8. The molecule has 4 rings (SSSR count). The first-order chi connectivity index (χ1) is 15.2. The molecule has 0 unspecified atom stereocenters. The Kier molecular flexibility index (Phi) is 5.46. The van der Waals surface area contributed by atoms with Crippen LogP contribution in [0.1, 0.15) is 16.1 Å². The number of rotatable bonds is 6. The van der Waals surface area contributed by atoms with Crippen LogP contribution in [0.15, 0.2) is 48.0 Å². The molecule has 12 heteroatoms. The van der Waals surface area contributed by atoms with Gasteiger partial charge >= 0.3 is 0 Å². The van der Waals surface area contributed by atoms with Gasteiger partial charge in [-0.15, -0.1) is 0 Å². The number of carbonyl (C=O) groups excluding carboxylic acids is 1. The van der Waals surface area contributed by atoms with E-state index in [0.29, 0.717) is 0 Å². The minimum atomic E-state index is -2.13. The Balaban J connectivity index is 1.58. The number of ether oxygens (including phenoxy) is 3. The van der Waals surface area contributed by atoms with Crippen LogP contribution in [0.2, 0.25) is 0 Å². The van der Waals surface area contributed by atoms with E-state index in [1.165, 1.54) is 12.1 Å². The number of fused-ring (bicyclic) bond motifs is 1. The van der Waals surface area contributed by atoms with E-state index < -0.39 is 42.0 Å². The third kappa shape index (κ3) is 3.84. The predicted octanol–water partition coefficient (Wildman–Crippen LogP) is 2.01. The van der Waals surface area contributed by atoms with Gasteiger partial charge in [0, 0.05) is 11.3 Å². The van der Waals surface area contributed by atoms with Crippen LogP contribution in [0.3, 0.4) is 0 Å². The van der Waals surface area contributed by atoms with E-state index in [0.717, 1.165) is 18.5 Å². The van der Waals surface area contributed by atoms with Crippen LogP contribution in [0.5, 0.6) is 5.88 Å². The number of nitrogens with two attached hydrogens (primary N) is 1. The lowest BCUT2D eigenvalue weighted by atomic mass is 9.78. The zero-order chi connectivity index (χ0) is 22.9. The maximum absolute atomic E-state index is 15.5. The molecule has 1 saturated heterocycles. The van der Waals surface area contributed by atoms with Crippen molar-refractivity contribution in [2.24, 2.45) is 10.7 Å². The molecule has 168 valence electrons. The lowest BCUT2D eigenvalue weighted by Gasteiger charge is -2.38. The summed E-state index contributed by atoms with van der Waals surface area (Å²) in [5.41, 5.74) is 1.68. The smallest absolute Gasteiger partial charge is 0.283 e. The molecule has 2 aromatic rings. The second-order valence-corrected chi connectivity index (χ2v) is 7.25. The highest BCUT2D eigenvalue weighted by atomic mass is 19.1. The predicted molar refractivity (Wildman–Crippen MR) is 106 cm³/mol. The fourth-order valence-electron chi connectivity index (χ4n) is 3.47. The number of benzene rings is 1. The van der Waals surface area contributed by atoms with E-state index in [-0.39, 0.29) is 42.1 Å². The molecule has 0 bridgehead atoms. The van der Waals surface area contributed by atoms with Crippen molar-refractivity contribution in [3.8, 4) is 5.88 Å². The monoisotopic (exact) mass is 449 g/mol. The number of aliphatic imine (C=N–C) groups is 1. The minimum Gasteiger partial charge on any atom is -0.469 e. The van der Waals surface area contributed by atoms with E-state index in [1.54, 1.807) is 0 Å². The van der Waals surface area contributed by atoms with E-state index in [9.17, 15) is 13.6 Å². The maximum Gasteiger partial charge on any atom is 0.283 e. The Morgan fingerprint density at radius 1 is 1.28 bits per heavy atom. The van der Waals surface area contributed by atoms with Crippen molar-refractivity contribution in [1.82, 2.24) is 9.97 Å². The summed E-state index contributed by atoms with van der Waals surface area (Å²) in [4.78, 5) is 24.3. The van der Waals surface area contributed by atoms with Crippen LogP contribution in [-0.4, -0.2) is 54.0 Å². The Hall–Kier alpha value is -3.67. The van der Waals surface area contributed by atoms with Crippen LogP contribution < -0.4 is 15.8 Å². The highest BCUT2D eigenvalue weighted by molar-refractivity contribution is 6.02. The van der Waals surface area contributed by atoms with Crippen molar-refractivity contribution >= 4 is 17.6 Å². The highest BCUT2D eigenvalue weighted by Crippen LogP contribution is 2.48. The number of hydrogen-bond donors (Lipinski definition) is 2. The van der Waals surface area contributed by atoms with Crippen molar-refractivity contribution in [1.29, 1.82) is 0 Å². The summed E-state index contributed by atoms with van der Waals surface area (Å²) >= 11 is 0. The summed E-state index contributed by atoms with van der Waals surface area (Å²) in [6.45, 7) is 1.62. The van der Waals surface area contributed by atoms with Gasteiger partial charge in [0.1, 0.15) is 30.6 Å². The summed E-state index contributed by atoms with van der Waals surface area (Å²) in [7, 11) is 0. The molecule has 3 N–H and O–H groups in total. The van der Waals surface area contributed by atoms with E-state index >= 15 is 4.39 Å². The molecule has 2 atom stereocenters. The number of nitrogens with zero attached hydrogens (tertiary/aromatic N) is 3. The molecule has 1 aromatic carbocycles. The molecule has 2 aliphatic heterocycles. The molecular weight excluding hydrogens is 431 g/mol. The number of anilines is 1. The third-order valence-corrected chi connectivity index (χ3v) is 5.04. The summed E-state index contributed by atoms with van der Waals surface area (Å²) in [5.74, 6) is -2.11.